The van der Waals surface area contributed by atoms with E-state index in [0.29, 0.717) is 6.04 Å². The molecule has 0 aliphatic heterocycles. The van der Waals surface area contributed by atoms with Crippen LogP contribution in [0.5, 0.6) is 5.75 Å². The van der Waals surface area contributed by atoms with Gasteiger partial charge in [0.25, 0.3) is 0 Å². The fourth-order valence-electron chi connectivity index (χ4n) is 1.70. The van der Waals surface area contributed by atoms with Crippen LogP contribution in [-0.4, -0.2) is 38.9 Å². The van der Waals surface area contributed by atoms with Crippen molar-refractivity contribution in [3.63, 3.8) is 0 Å². The molecule has 0 saturated carbocycles. The van der Waals surface area contributed by atoms with Gasteiger partial charge in [0.2, 0.25) is 0 Å². The molecule has 0 bridgehead atoms. The Hall–Kier alpha value is -0.710. The predicted octanol–water partition coefficient (Wildman–Crippen LogP) is 2.73. The standard InChI is InChI=1S/C14H23NO2S/c1-4-15-14(11-18-10-9-16-2)12-5-7-13(17-3)8-6-12/h5-8,14-15H,4,9-11H2,1-3H3. The molecule has 102 valence electrons. The van der Waals surface area contributed by atoms with Crippen LogP contribution in [-0.2, 0) is 4.74 Å². The highest BCUT2D eigenvalue weighted by atomic mass is 32.2. The van der Waals surface area contributed by atoms with Crippen LogP contribution in [0.4, 0.5) is 0 Å². The highest BCUT2D eigenvalue weighted by Gasteiger charge is 2.10. The van der Waals surface area contributed by atoms with Crippen molar-refractivity contribution in [2.75, 3.05) is 38.9 Å². The van der Waals surface area contributed by atoms with Gasteiger partial charge in [0.05, 0.1) is 13.7 Å². The molecule has 0 heterocycles. The highest BCUT2D eigenvalue weighted by Crippen LogP contribution is 2.21. The monoisotopic (exact) mass is 269 g/mol. The van der Waals surface area contributed by atoms with Gasteiger partial charge in [0, 0.05) is 24.7 Å². The number of methoxy groups -OCH3 is 2. The fraction of sp³-hybridized carbons (Fsp3) is 0.571. The van der Waals surface area contributed by atoms with Gasteiger partial charge in [-0.05, 0) is 24.2 Å². The third-order valence-corrected chi connectivity index (χ3v) is 3.71. The predicted molar refractivity (Wildman–Crippen MR) is 78.6 cm³/mol. The summed E-state index contributed by atoms with van der Waals surface area (Å²) >= 11 is 1.91. The lowest BCUT2D eigenvalue weighted by Crippen LogP contribution is -2.23. The van der Waals surface area contributed by atoms with E-state index < -0.39 is 0 Å². The summed E-state index contributed by atoms with van der Waals surface area (Å²) in [5.74, 6) is 3.00. The largest absolute Gasteiger partial charge is 0.497 e. The van der Waals surface area contributed by atoms with Gasteiger partial charge in [-0.25, -0.2) is 0 Å². The van der Waals surface area contributed by atoms with E-state index in [4.69, 9.17) is 9.47 Å². The second-order valence-corrected chi connectivity index (χ2v) is 5.10. The molecule has 4 heteroatoms. The van der Waals surface area contributed by atoms with Crippen LogP contribution >= 0.6 is 11.8 Å². The van der Waals surface area contributed by atoms with Crippen LogP contribution in [0, 0.1) is 0 Å². The quantitative estimate of drug-likeness (QED) is 0.698. The first-order chi connectivity index (χ1) is 8.81. The zero-order valence-corrected chi connectivity index (χ0v) is 12.3. The normalized spacial score (nSPS) is 12.4. The molecular formula is C14H23NO2S. The van der Waals surface area contributed by atoms with Gasteiger partial charge in [-0.3, -0.25) is 0 Å². The minimum Gasteiger partial charge on any atom is -0.497 e. The number of ether oxygens (including phenoxy) is 2. The average Bonchev–Trinajstić information content (AvgIpc) is 2.42. The van der Waals surface area contributed by atoms with E-state index >= 15 is 0 Å². The molecule has 1 aromatic rings. The Morgan fingerprint density at radius 2 is 1.94 bits per heavy atom. The van der Waals surface area contributed by atoms with Crippen molar-refractivity contribution in [2.45, 2.75) is 13.0 Å². The van der Waals surface area contributed by atoms with Crippen LogP contribution in [0.2, 0.25) is 0 Å². The van der Waals surface area contributed by atoms with Crippen molar-refractivity contribution in [3.05, 3.63) is 29.8 Å². The van der Waals surface area contributed by atoms with Gasteiger partial charge >= 0.3 is 0 Å². The van der Waals surface area contributed by atoms with Gasteiger partial charge in [0.1, 0.15) is 5.75 Å². The molecular weight excluding hydrogens is 246 g/mol. The van der Waals surface area contributed by atoms with Crippen molar-refractivity contribution in [2.24, 2.45) is 0 Å². The Morgan fingerprint density at radius 1 is 1.22 bits per heavy atom. The summed E-state index contributed by atoms with van der Waals surface area (Å²) in [5.41, 5.74) is 1.31. The molecule has 0 saturated heterocycles. The highest BCUT2D eigenvalue weighted by molar-refractivity contribution is 7.99. The minimum absolute atomic E-state index is 0.391. The Labute approximate surface area is 114 Å². The molecule has 18 heavy (non-hydrogen) atoms. The van der Waals surface area contributed by atoms with Crippen molar-refractivity contribution < 1.29 is 9.47 Å². The Kier molecular flexibility index (Phi) is 7.89. The zero-order valence-electron chi connectivity index (χ0n) is 11.4. The summed E-state index contributed by atoms with van der Waals surface area (Å²) < 4.78 is 10.2. The molecule has 1 rings (SSSR count). The molecule has 0 spiro atoms. The lowest BCUT2D eigenvalue weighted by molar-refractivity contribution is 0.218. The molecule has 3 nitrogen and oxygen atoms in total. The number of benzene rings is 1. The number of hydrogen-bond acceptors (Lipinski definition) is 4. The summed E-state index contributed by atoms with van der Waals surface area (Å²) in [7, 11) is 3.43. The zero-order chi connectivity index (χ0) is 13.2. The smallest absolute Gasteiger partial charge is 0.118 e. The van der Waals surface area contributed by atoms with Gasteiger partial charge in [-0.1, -0.05) is 19.1 Å². The van der Waals surface area contributed by atoms with E-state index in [1.54, 1.807) is 14.2 Å². The number of thioether (sulfide) groups is 1. The van der Waals surface area contributed by atoms with Crippen molar-refractivity contribution in [1.29, 1.82) is 0 Å². The van der Waals surface area contributed by atoms with E-state index in [1.807, 2.05) is 23.9 Å². The SMILES string of the molecule is CCNC(CSCCOC)c1ccc(OC)cc1. The molecule has 0 aliphatic carbocycles. The van der Waals surface area contributed by atoms with Crippen LogP contribution < -0.4 is 10.1 Å². The van der Waals surface area contributed by atoms with Crippen LogP contribution in [0.1, 0.15) is 18.5 Å². The lowest BCUT2D eigenvalue weighted by atomic mass is 10.1. The lowest BCUT2D eigenvalue weighted by Gasteiger charge is -2.18. The second kappa shape index (κ2) is 9.25. The molecule has 1 unspecified atom stereocenters. The third-order valence-electron chi connectivity index (χ3n) is 2.69. The summed E-state index contributed by atoms with van der Waals surface area (Å²) in [5, 5.41) is 3.51. The maximum Gasteiger partial charge on any atom is 0.118 e. The van der Waals surface area contributed by atoms with Crippen molar-refractivity contribution >= 4 is 11.8 Å². The maximum absolute atomic E-state index is 5.18. The van der Waals surface area contributed by atoms with E-state index in [2.05, 4.69) is 24.4 Å². The molecule has 0 aromatic heterocycles. The molecule has 0 radical (unpaired) electrons. The van der Waals surface area contributed by atoms with E-state index in [9.17, 15) is 0 Å². The van der Waals surface area contributed by atoms with Gasteiger partial charge < -0.3 is 14.8 Å². The molecule has 1 N–H and O–H groups in total. The van der Waals surface area contributed by atoms with E-state index in [0.717, 1.165) is 30.4 Å². The topological polar surface area (TPSA) is 30.5 Å². The summed E-state index contributed by atoms with van der Waals surface area (Å²) in [6.07, 6.45) is 0. The van der Waals surface area contributed by atoms with Gasteiger partial charge in [-0.2, -0.15) is 11.8 Å². The first kappa shape index (κ1) is 15.3. The minimum atomic E-state index is 0.391. The average molecular weight is 269 g/mol. The Bertz CT molecular complexity index is 316. The molecule has 0 amide bonds. The molecule has 0 aliphatic rings. The maximum atomic E-state index is 5.18. The molecule has 1 atom stereocenters. The van der Waals surface area contributed by atoms with Crippen LogP contribution in [0.25, 0.3) is 0 Å². The van der Waals surface area contributed by atoms with Gasteiger partial charge in [0.15, 0.2) is 0 Å². The summed E-state index contributed by atoms with van der Waals surface area (Å²) in [6, 6.07) is 8.67. The Balaban J connectivity index is 2.53. The van der Waals surface area contributed by atoms with E-state index in [1.165, 1.54) is 5.56 Å². The van der Waals surface area contributed by atoms with Crippen molar-refractivity contribution in [3.8, 4) is 5.75 Å². The Morgan fingerprint density at radius 3 is 2.50 bits per heavy atom. The third kappa shape index (κ3) is 5.29. The van der Waals surface area contributed by atoms with Crippen LogP contribution in [0.15, 0.2) is 24.3 Å². The van der Waals surface area contributed by atoms with Gasteiger partial charge in [-0.15, -0.1) is 0 Å². The molecule has 1 aromatic carbocycles. The second-order valence-electron chi connectivity index (χ2n) is 3.95. The number of rotatable bonds is 9. The van der Waals surface area contributed by atoms with Crippen LogP contribution in [0.3, 0.4) is 0 Å². The fourth-order valence-corrected chi connectivity index (χ4v) is 2.70. The summed E-state index contributed by atoms with van der Waals surface area (Å²) in [6.45, 7) is 3.92. The van der Waals surface area contributed by atoms with Crippen molar-refractivity contribution in [1.82, 2.24) is 5.32 Å². The number of hydrogen-bond donors (Lipinski definition) is 1. The first-order valence-electron chi connectivity index (χ1n) is 6.25. The van der Waals surface area contributed by atoms with E-state index in [-0.39, 0.29) is 0 Å². The first-order valence-corrected chi connectivity index (χ1v) is 7.41. The number of nitrogens with one attached hydrogen (secondary N) is 1. The molecule has 0 fully saturated rings. The summed E-state index contributed by atoms with van der Waals surface area (Å²) in [4.78, 5) is 0.